The molecule has 0 radical (unpaired) electrons. The van der Waals surface area contributed by atoms with Crippen molar-refractivity contribution in [1.82, 2.24) is 10.2 Å². The van der Waals surface area contributed by atoms with Crippen LogP contribution >= 0.6 is 0 Å². The number of rotatable bonds is 3. The first kappa shape index (κ1) is 13.8. The second kappa shape index (κ2) is 6.04. The van der Waals surface area contributed by atoms with Crippen LogP contribution in [0.2, 0.25) is 0 Å². The van der Waals surface area contributed by atoms with Crippen molar-refractivity contribution in [2.45, 2.75) is 64.0 Å². The Kier molecular flexibility index (Phi) is 4.64. The summed E-state index contributed by atoms with van der Waals surface area (Å²) in [4.78, 5) is 2.64. The lowest BCUT2D eigenvalue weighted by atomic mass is 9.78. The Labute approximate surface area is 112 Å². The third kappa shape index (κ3) is 3.05. The van der Waals surface area contributed by atoms with Crippen molar-refractivity contribution in [3.63, 3.8) is 0 Å². The van der Waals surface area contributed by atoms with Gasteiger partial charge in [0.25, 0.3) is 0 Å². The van der Waals surface area contributed by atoms with E-state index in [4.69, 9.17) is 0 Å². The summed E-state index contributed by atoms with van der Waals surface area (Å²) in [5, 5.41) is 12.9. The molecular weight excluding hydrogens is 222 g/mol. The second-order valence-corrected chi connectivity index (χ2v) is 6.19. The predicted molar refractivity (Wildman–Crippen MR) is 74.2 cm³/mol. The molecule has 1 heterocycles. The van der Waals surface area contributed by atoms with Gasteiger partial charge in [-0.2, -0.15) is 5.26 Å². The Bertz CT molecular complexity index is 297. The number of nitriles is 1. The molecule has 1 aliphatic carbocycles. The molecule has 1 N–H and O–H groups in total. The van der Waals surface area contributed by atoms with Crippen LogP contribution in [0.25, 0.3) is 0 Å². The Balaban J connectivity index is 1.96. The maximum absolute atomic E-state index is 9.50. The molecule has 2 rings (SSSR count). The molecular formula is C15H27N3. The van der Waals surface area contributed by atoms with Gasteiger partial charge in [0.2, 0.25) is 0 Å². The van der Waals surface area contributed by atoms with Crippen molar-refractivity contribution in [2.24, 2.45) is 5.92 Å². The minimum Gasteiger partial charge on any atom is -0.300 e. The predicted octanol–water partition coefficient (Wildman–Crippen LogP) is 2.53. The Hall–Kier alpha value is -0.590. The van der Waals surface area contributed by atoms with Gasteiger partial charge in [-0.1, -0.05) is 13.8 Å². The van der Waals surface area contributed by atoms with Crippen molar-refractivity contribution in [1.29, 1.82) is 5.26 Å². The van der Waals surface area contributed by atoms with Gasteiger partial charge >= 0.3 is 0 Å². The zero-order valence-corrected chi connectivity index (χ0v) is 11.9. The largest absolute Gasteiger partial charge is 0.300 e. The summed E-state index contributed by atoms with van der Waals surface area (Å²) in [6, 6.07) is 3.19. The molecule has 1 saturated heterocycles. The van der Waals surface area contributed by atoms with Crippen molar-refractivity contribution in [2.75, 3.05) is 19.6 Å². The van der Waals surface area contributed by atoms with E-state index in [1.54, 1.807) is 0 Å². The second-order valence-electron chi connectivity index (χ2n) is 6.19. The Morgan fingerprint density at radius 1 is 1.33 bits per heavy atom. The molecule has 1 saturated carbocycles. The van der Waals surface area contributed by atoms with Gasteiger partial charge in [0.15, 0.2) is 0 Å². The van der Waals surface area contributed by atoms with Crippen LogP contribution in [0.4, 0.5) is 0 Å². The maximum atomic E-state index is 9.50. The standard InChI is InChI=1S/C15H27N3/c1-3-17-15(12-16)8-4-5-14(11-15)18-9-6-13(2)7-10-18/h13-14,17H,3-11H2,1-2H3. The van der Waals surface area contributed by atoms with Crippen molar-refractivity contribution in [3.8, 4) is 6.07 Å². The summed E-state index contributed by atoms with van der Waals surface area (Å²) < 4.78 is 0. The summed E-state index contributed by atoms with van der Waals surface area (Å²) in [7, 11) is 0. The lowest BCUT2D eigenvalue weighted by Gasteiger charge is -2.43. The zero-order valence-electron chi connectivity index (χ0n) is 11.9. The van der Waals surface area contributed by atoms with Gasteiger partial charge in [-0.25, -0.2) is 0 Å². The van der Waals surface area contributed by atoms with Crippen LogP contribution in [0.3, 0.4) is 0 Å². The van der Waals surface area contributed by atoms with Crippen LogP contribution in [0.5, 0.6) is 0 Å². The normalized spacial score (nSPS) is 35.3. The molecule has 0 aromatic carbocycles. The van der Waals surface area contributed by atoms with Gasteiger partial charge in [-0.3, -0.25) is 5.32 Å². The van der Waals surface area contributed by atoms with Crippen LogP contribution < -0.4 is 5.32 Å². The molecule has 0 amide bonds. The number of hydrogen-bond donors (Lipinski definition) is 1. The van der Waals surface area contributed by atoms with Gasteiger partial charge in [0.1, 0.15) is 5.54 Å². The molecule has 2 aliphatic rings. The van der Waals surface area contributed by atoms with E-state index in [0.29, 0.717) is 6.04 Å². The van der Waals surface area contributed by atoms with E-state index < -0.39 is 0 Å². The molecule has 0 aromatic rings. The SMILES string of the molecule is CCNC1(C#N)CCCC(N2CCC(C)CC2)C1. The maximum Gasteiger partial charge on any atom is 0.108 e. The van der Waals surface area contributed by atoms with E-state index >= 15 is 0 Å². The summed E-state index contributed by atoms with van der Waals surface area (Å²) in [5.74, 6) is 0.888. The molecule has 18 heavy (non-hydrogen) atoms. The third-order valence-electron chi connectivity index (χ3n) is 4.79. The van der Waals surface area contributed by atoms with Crippen LogP contribution in [-0.4, -0.2) is 36.1 Å². The summed E-state index contributed by atoms with van der Waals surface area (Å²) in [5.41, 5.74) is -0.249. The third-order valence-corrected chi connectivity index (χ3v) is 4.79. The minimum absolute atomic E-state index is 0.249. The highest BCUT2D eigenvalue weighted by molar-refractivity contribution is 5.11. The van der Waals surface area contributed by atoms with E-state index in [0.717, 1.165) is 25.3 Å². The first-order valence-corrected chi connectivity index (χ1v) is 7.59. The number of piperidine rings is 1. The molecule has 3 nitrogen and oxygen atoms in total. The van der Waals surface area contributed by atoms with Gasteiger partial charge in [0.05, 0.1) is 6.07 Å². The smallest absolute Gasteiger partial charge is 0.108 e. The van der Waals surface area contributed by atoms with Gasteiger partial charge in [0, 0.05) is 6.04 Å². The fourth-order valence-corrected chi connectivity index (χ4v) is 3.59. The highest BCUT2D eigenvalue weighted by atomic mass is 15.2. The summed E-state index contributed by atoms with van der Waals surface area (Å²) in [6.07, 6.45) is 7.18. The summed E-state index contributed by atoms with van der Waals surface area (Å²) >= 11 is 0. The first-order valence-electron chi connectivity index (χ1n) is 7.59. The van der Waals surface area contributed by atoms with Gasteiger partial charge in [-0.15, -0.1) is 0 Å². The van der Waals surface area contributed by atoms with E-state index in [1.807, 2.05) is 0 Å². The minimum atomic E-state index is -0.249. The molecule has 1 aliphatic heterocycles. The highest BCUT2D eigenvalue weighted by Crippen LogP contribution is 2.32. The zero-order chi connectivity index (χ0) is 13.0. The van der Waals surface area contributed by atoms with Crippen molar-refractivity contribution < 1.29 is 0 Å². The van der Waals surface area contributed by atoms with Crippen LogP contribution in [0.1, 0.15) is 52.4 Å². The van der Waals surface area contributed by atoms with Crippen molar-refractivity contribution in [3.05, 3.63) is 0 Å². The van der Waals surface area contributed by atoms with E-state index in [2.05, 4.69) is 30.1 Å². The summed E-state index contributed by atoms with van der Waals surface area (Å²) in [6.45, 7) is 7.83. The number of hydrogen-bond acceptors (Lipinski definition) is 3. The number of nitrogens with one attached hydrogen (secondary N) is 1. The Morgan fingerprint density at radius 3 is 2.67 bits per heavy atom. The monoisotopic (exact) mass is 249 g/mol. The molecule has 2 atom stereocenters. The average molecular weight is 249 g/mol. The molecule has 3 heteroatoms. The molecule has 0 aromatic heterocycles. The Morgan fingerprint density at radius 2 is 2.06 bits per heavy atom. The van der Waals surface area contributed by atoms with Gasteiger partial charge in [-0.05, 0) is 64.1 Å². The van der Waals surface area contributed by atoms with E-state index in [1.165, 1.54) is 38.8 Å². The topological polar surface area (TPSA) is 39.1 Å². The number of nitrogens with zero attached hydrogens (tertiary/aromatic N) is 2. The lowest BCUT2D eigenvalue weighted by Crippen LogP contribution is -2.53. The quantitative estimate of drug-likeness (QED) is 0.835. The molecule has 0 bridgehead atoms. The highest BCUT2D eigenvalue weighted by Gasteiger charge is 2.38. The number of likely N-dealkylation sites (tertiary alicyclic amines) is 1. The van der Waals surface area contributed by atoms with Crippen LogP contribution in [0.15, 0.2) is 0 Å². The molecule has 0 spiro atoms. The van der Waals surface area contributed by atoms with E-state index in [-0.39, 0.29) is 5.54 Å². The van der Waals surface area contributed by atoms with E-state index in [9.17, 15) is 5.26 Å². The fraction of sp³-hybridized carbons (Fsp3) is 0.933. The molecule has 2 fully saturated rings. The lowest BCUT2D eigenvalue weighted by molar-refractivity contribution is 0.0872. The first-order chi connectivity index (χ1) is 8.69. The van der Waals surface area contributed by atoms with Crippen LogP contribution in [-0.2, 0) is 0 Å². The average Bonchev–Trinajstić information content (AvgIpc) is 2.40. The van der Waals surface area contributed by atoms with Gasteiger partial charge < -0.3 is 4.90 Å². The van der Waals surface area contributed by atoms with Crippen LogP contribution in [0, 0.1) is 17.2 Å². The molecule has 102 valence electrons. The molecule has 2 unspecified atom stereocenters. The fourth-order valence-electron chi connectivity index (χ4n) is 3.59. The van der Waals surface area contributed by atoms with Crippen molar-refractivity contribution >= 4 is 0 Å².